The molecular weight excluding hydrogens is 462 g/mol. The highest BCUT2D eigenvalue weighted by atomic mass is 16.5. The maximum absolute atomic E-state index is 11.7. The topological polar surface area (TPSA) is 61.8 Å². The second-order valence-corrected chi connectivity index (χ2v) is 10.2. The largest absolute Gasteiger partial charge is 0.462 e. The lowest BCUT2D eigenvalue weighted by molar-refractivity contribution is -0.114. The first-order valence-corrected chi connectivity index (χ1v) is 13.4. The van der Waals surface area contributed by atoms with Gasteiger partial charge in [-0.05, 0) is 56.8 Å². The minimum atomic E-state index is 0.0774. The van der Waals surface area contributed by atoms with E-state index in [-0.39, 0.29) is 5.78 Å². The van der Waals surface area contributed by atoms with Crippen LogP contribution < -0.4 is 14.5 Å². The average Bonchev–Trinajstić information content (AvgIpc) is 3.34. The van der Waals surface area contributed by atoms with Crippen LogP contribution in [0.3, 0.4) is 0 Å². The van der Waals surface area contributed by atoms with Crippen LogP contribution in [0.15, 0.2) is 55.1 Å². The van der Waals surface area contributed by atoms with Crippen LogP contribution in [-0.4, -0.2) is 67.0 Å². The molecule has 0 spiro atoms. The van der Waals surface area contributed by atoms with E-state index >= 15 is 0 Å². The first kappa shape index (κ1) is 25.2. The Balaban J connectivity index is 1.42. The van der Waals surface area contributed by atoms with E-state index in [0.29, 0.717) is 31.6 Å². The lowest BCUT2D eigenvalue weighted by atomic mass is 10.0. The molecule has 0 unspecified atom stereocenters. The zero-order chi connectivity index (χ0) is 25.8. The maximum atomic E-state index is 11.7. The fourth-order valence-electron chi connectivity index (χ4n) is 5.52. The van der Waals surface area contributed by atoms with E-state index < -0.39 is 0 Å². The average molecular weight is 500 g/mol. The second kappa shape index (κ2) is 11.3. The number of carbonyl (C=O) groups excluding carboxylic acids is 1. The fourth-order valence-corrected chi connectivity index (χ4v) is 5.52. The number of allylic oxidation sites excluding steroid dienone is 1. The molecule has 0 saturated carbocycles. The lowest BCUT2D eigenvalue weighted by Crippen LogP contribution is -2.34. The van der Waals surface area contributed by atoms with Crippen molar-refractivity contribution >= 4 is 28.1 Å². The van der Waals surface area contributed by atoms with Gasteiger partial charge in [-0.2, -0.15) is 9.97 Å². The molecule has 3 heterocycles. The Labute approximate surface area is 219 Å². The lowest BCUT2D eigenvalue weighted by Gasteiger charge is -2.33. The Hall–Kier alpha value is -3.45. The summed E-state index contributed by atoms with van der Waals surface area (Å²) in [4.78, 5) is 28.5. The Morgan fingerprint density at radius 1 is 1.19 bits per heavy atom. The van der Waals surface area contributed by atoms with E-state index in [1.165, 1.54) is 34.5 Å². The highest BCUT2D eigenvalue weighted by molar-refractivity contribution is 5.94. The van der Waals surface area contributed by atoms with Gasteiger partial charge in [-0.15, -0.1) is 0 Å². The molecule has 0 bridgehead atoms. The Bertz CT molecular complexity index is 1270. The van der Waals surface area contributed by atoms with Crippen LogP contribution in [0.25, 0.3) is 10.8 Å². The van der Waals surface area contributed by atoms with Crippen molar-refractivity contribution in [2.24, 2.45) is 0 Å². The van der Waals surface area contributed by atoms with Crippen molar-refractivity contribution in [3.05, 3.63) is 66.4 Å². The third-order valence-electron chi connectivity index (χ3n) is 7.71. The summed E-state index contributed by atoms with van der Waals surface area (Å²) in [6.45, 7) is 7.63. The van der Waals surface area contributed by atoms with Gasteiger partial charge in [0.1, 0.15) is 12.4 Å². The minimum Gasteiger partial charge on any atom is -0.462 e. The van der Waals surface area contributed by atoms with Gasteiger partial charge in [0.2, 0.25) is 0 Å². The summed E-state index contributed by atoms with van der Waals surface area (Å²) < 4.78 is 6.21. The molecule has 1 aromatic heterocycles. The predicted octanol–water partition coefficient (Wildman–Crippen LogP) is 4.64. The molecule has 37 heavy (non-hydrogen) atoms. The Morgan fingerprint density at radius 2 is 2.03 bits per heavy atom. The number of rotatable bonds is 10. The molecule has 2 aliphatic heterocycles. The Morgan fingerprint density at radius 3 is 2.84 bits per heavy atom. The van der Waals surface area contributed by atoms with Crippen LogP contribution in [-0.2, 0) is 17.8 Å². The van der Waals surface area contributed by atoms with Crippen LogP contribution in [0.4, 0.5) is 11.5 Å². The van der Waals surface area contributed by atoms with E-state index in [2.05, 4.69) is 70.8 Å². The normalized spacial score (nSPS) is 17.6. The van der Waals surface area contributed by atoms with E-state index in [1.54, 1.807) is 0 Å². The maximum Gasteiger partial charge on any atom is 0.318 e. The molecule has 7 nitrogen and oxygen atoms in total. The van der Waals surface area contributed by atoms with Gasteiger partial charge in [0.15, 0.2) is 5.78 Å². The fraction of sp³-hybridized carbons (Fsp3) is 0.433. The number of benzene rings is 2. The molecule has 2 aliphatic rings. The molecule has 0 N–H and O–H groups in total. The van der Waals surface area contributed by atoms with Crippen LogP contribution in [0.2, 0.25) is 0 Å². The molecule has 3 aromatic rings. The summed E-state index contributed by atoms with van der Waals surface area (Å²) in [6, 6.07) is 15.9. The minimum absolute atomic E-state index is 0.0774. The van der Waals surface area contributed by atoms with Gasteiger partial charge >= 0.3 is 6.01 Å². The van der Waals surface area contributed by atoms with Gasteiger partial charge < -0.3 is 19.4 Å². The van der Waals surface area contributed by atoms with Crippen LogP contribution >= 0.6 is 0 Å². The van der Waals surface area contributed by atoms with Crippen molar-refractivity contribution in [1.29, 1.82) is 0 Å². The number of nitrogens with zero attached hydrogens (tertiary/aromatic N) is 5. The number of hydrogen-bond donors (Lipinski definition) is 0. The van der Waals surface area contributed by atoms with Crippen molar-refractivity contribution in [1.82, 2.24) is 14.9 Å². The van der Waals surface area contributed by atoms with E-state index in [9.17, 15) is 4.79 Å². The molecule has 7 heteroatoms. The summed E-state index contributed by atoms with van der Waals surface area (Å²) in [5.41, 5.74) is 3.43. The van der Waals surface area contributed by atoms with Crippen molar-refractivity contribution in [2.45, 2.75) is 44.7 Å². The molecule has 0 radical (unpaired) electrons. The SMILES string of the molecule is C=CC(=O)CCCN(C)c1nc(OC[C@@H]2CCCN2C)nc2c1CCN(c1cccc3ccccc13)C2. The van der Waals surface area contributed by atoms with Gasteiger partial charge in [-0.1, -0.05) is 43.0 Å². The highest BCUT2D eigenvalue weighted by Gasteiger charge is 2.27. The summed E-state index contributed by atoms with van der Waals surface area (Å²) in [5.74, 6) is 0.997. The van der Waals surface area contributed by atoms with Crippen molar-refractivity contribution < 1.29 is 9.53 Å². The molecule has 5 rings (SSSR count). The second-order valence-electron chi connectivity index (χ2n) is 10.2. The van der Waals surface area contributed by atoms with Crippen LogP contribution in [0.5, 0.6) is 6.01 Å². The van der Waals surface area contributed by atoms with E-state index in [4.69, 9.17) is 14.7 Å². The number of likely N-dealkylation sites (N-methyl/N-ethyl adjacent to an activating group) is 1. The van der Waals surface area contributed by atoms with Crippen LogP contribution in [0, 0.1) is 0 Å². The predicted molar refractivity (Wildman–Crippen MR) is 150 cm³/mol. The number of likely N-dealkylation sites (tertiary alicyclic amines) is 1. The molecule has 194 valence electrons. The highest BCUT2D eigenvalue weighted by Crippen LogP contribution is 2.34. The third kappa shape index (κ3) is 5.62. The summed E-state index contributed by atoms with van der Waals surface area (Å²) in [5, 5.41) is 2.50. The third-order valence-corrected chi connectivity index (χ3v) is 7.71. The van der Waals surface area contributed by atoms with E-state index in [0.717, 1.165) is 50.4 Å². The van der Waals surface area contributed by atoms with Gasteiger partial charge in [-0.3, -0.25) is 4.79 Å². The summed E-state index contributed by atoms with van der Waals surface area (Å²) >= 11 is 0. The summed E-state index contributed by atoms with van der Waals surface area (Å²) in [6.07, 6.45) is 5.85. The monoisotopic (exact) mass is 499 g/mol. The van der Waals surface area contributed by atoms with Crippen molar-refractivity contribution in [3.63, 3.8) is 0 Å². The number of ketones is 1. The zero-order valence-electron chi connectivity index (χ0n) is 22.0. The molecule has 0 amide bonds. The number of fused-ring (bicyclic) bond motifs is 2. The van der Waals surface area contributed by atoms with Crippen LogP contribution in [0.1, 0.15) is 36.9 Å². The molecule has 2 aromatic carbocycles. The number of ether oxygens (including phenoxy) is 1. The number of anilines is 2. The van der Waals surface area contributed by atoms with Gasteiger partial charge in [0.25, 0.3) is 0 Å². The molecule has 0 aliphatic carbocycles. The number of hydrogen-bond acceptors (Lipinski definition) is 7. The first-order valence-electron chi connectivity index (χ1n) is 13.4. The van der Waals surface area contributed by atoms with Crippen molar-refractivity contribution in [3.8, 4) is 6.01 Å². The van der Waals surface area contributed by atoms with Gasteiger partial charge in [-0.25, -0.2) is 0 Å². The zero-order valence-corrected chi connectivity index (χ0v) is 22.0. The smallest absolute Gasteiger partial charge is 0.318 e. The number of carbonyl (C=O) groups is 1. The Kier molecular flexibility index (Phi) is 7.70. The molecular formula is C30H37N5O2. The molecule has 1 atom stereocenters. The first-order chi connectivity index (χ1) is 18.0. The van der Waals surface area contributed by atoms with Gasteiger partial charge in [0.05, 0.1) is 12.2 Å². The van der Waals surface area contributed by atoms with Gasteiger partial charge in [0, 0.05) is 49.2 Å². The van der Waals surface area contributed by atoms with E-state index in [1.807, 2.05) is 7.05 Å². The summed E-state index contributed by atoms with van der Waals surface area (Å²) in [7, 11) is 4.20. The molecule has 1 fully saturated rings. The standard InChI is InChI=1S/C30H37N5O2/c1-4-24(36)13-9-18-34(3)29-26-16-19-35(28-15-7-11-22-10-5-6-14-25(22)28)20-27(26)31-30(32-29)37-21-23-12-8-17-33(23)2/h4-7,10-11,14-15,23H,1,8-9,12-13,16-21H2,2-3H3/t23-/m0/s1. The van der Waals surface area contributed by atoms with Crippen molar-refractivity contribution in [2.75, 3.05) is 50.1 Å². The quantitative estimate of drug-likeness (QED) is 0.377. The molecule has 1 saturated heterocycles. The number of aromatic nitrogens is 2.